The van der Waals surface area contributed by atoms with E-state index in [2.05, 4.69) is 15.5 Å². The van der Waals surface area contributed by atoms with E-state index in [1.807, 2.05) is 43.3 Å². The minimum absolute atomic E-state index is 0.0500. The van der Waals surface area contributed by atoms with E-state index in [1.165, 1.54) is 0 Å². The van der Waals surface area contributed by atoms with E-state index >= 15 is 0 Å². The summed E-state index contributed by atoms with van der Waals surface area (Å²) in [5.41, 5.74) is 2.22. The van der Waals surface area contributed by atoms with Crippen LogP contribution in [0.4, 0.5) is 5.82 Å². The third-order valence-electron chi connectivity index (χ3n) is 2.47. The molecule has 88 valence electrons. The van der Waals surface area contributed by atoms with Gasteiger partial charge in [0.2, 0.25) is 0 Å². The van der Waals surface area contributed by atoms with Gasteiger partial charge in [-0.15, -0.1) is 16.7 Å². The zero-order valence-corrected chi connectivity index (χ0v) is 10.4. The van der Waals surface area contributed by atoms with Crippen molar-refractivity contribution in [3.63, 3.8) is 0 Å². The molecule has 1 unspecified atom stereocenters. The molecule has 0 fully saturated rings. The van der Waals surface area contributed by atoms with Crippen LogP contribution in [0.1, 0.15) is 17.2 Å². The second kappa shape index (κ2) is 5.64. The van der Waals surface area contributed by atoms with Gasteiger partial charge in [0.1, 0.15) is 5.82 Å². The Bertz CT molecular complexity index is 473. The summed E-state index contributed by atoms with van der Waals surface area (Å²) in [4.78, 5) is 0. The fraction of sp³-hybridized carbons (Fsp3) is 0.231. The van der Waals surface area contributed by atoms with E-state index in [1.54, 1.807) is 6.20 Å². The van der Waals surface area contributed by atoms with Crippen molar-refractivity contribution in [1.29, 1.82) is 0 Å². The van der Waals surface area contributed by atoms with Crippen LogP contribution in [0.3, 0.4) is 0 Å². The Hall–Kier alpha value is -1.61. The van der Waals surface area contributed by atoms with E-state index in [9.17, 15) is 0 Å². The molecule has 2 rings (SSSR count). The Morgan fingerprint density at radius 1 is 1.29 bits per heavy atom. The number of anilines is 1. The average molecular weight is 248 g/mol. The van der Waals surface area contributed by atoms with E-state index < -0.39 is 0 Å². The van der Waals surface area contributed by atoms with Gasteiger partial charge in [-0.3, -0.25) is 0 Å². The van der Waals surface area contributed by atoms with Crippen molar-refractivity contribution >= 4 is 17.4 Å². The van der Waals surface area contributed by atoms with Crippen LogP contribution in [0, 0.1) is 6.92 Å². The topological polar surface area (TPSA) is 37.8 Å². The number of rotatable bonds is 4. The zero-order valence-electron chi connectivity index (χ0n) is 9.60. The molecule has 1 atom stereocenters. The largest absolute Gasteiger partial charge is 0.361 e. The second-order valence-corrected chi connectivity index (χ2v) is 4.19. The first-order chi connectivity index (χ1) is 8.29. The van der Waals surface area contributed by atoms with E-state index in [4.69, 9.17) is 11.6 Å². The van der Waals surface area contributed by atoms with Crippen molar-refractivity contribution in [2.45, 2.75) is 13.0 Å². The fourth-order valence-electron chi connectivity index (χ4n) is 1.61. The monoisotopic (exact) mass is 247 g/mol. The zero-order chi connectivity index (χ0) is 12.1. The first-order valence-electron chi connectivity index (χ1n) is 5.46. The molecular weight excluding hydrogens is 234 g/mol. The van der Waals surface area contributed by atoms with Gasteiger partial charge in [0.15, 0.2) is 0 Å². The van der Waals surface area contributed by atoms with Gasteiger partial charge in [-0.2, -0.15) is 5.10 Å². The fourth-order valence-corrected chi connectivity index (χ4v) is 1.86. The average Bonchev–Trinajstić information content (AvgIpc) is 2.37. The Balaban J connectivity index is 2.16. The Kier molecular flexibility index (Phi) is 3.94. The van der Waals surface area contributed by atoms with Gasteiger partial charge in [-0.05, 0) is 24.1 Å². The number of alkyl halides is 1. The lowest BCUT2D eigenvalue weighted by molar-refractivity contribution is 0.865. The molecule has 0 bridgehead atoms. The highest BCUT2D eigenvalue weighted by Gasteiger charge is 2.10. The molecule has 1 heterocycles. The summed E-state index contributed by atoms with van der Waals surface area (Å²) in [6.07, 6.45) is 1.73. The predicted octanol–water partition coefficient (Wildman–Crippen LogP) is 3.18. The SMILES string of the molecule is Cc1cnnc(NC(CCl)c2ccccc2)c1. The van der Waals surface area contributed by atoms with Gasteiger partial charge in [-0.25, -0.2) is 0 Å². The lowest BCUT2D eigenvalue weighted by Gasteiger charge is -2.16. The maximum atomic E-state index is 5.98. The molecule has 0 aliphatic heterocycles. The molecule has 0 saturated heterocycles. The number of hydrogen-bond acceptors (Lipinski definition) is 3. The molecule has 3 nitrogen and oxygen atoms in total. The van der Waals surface area contributed by atoms with Crippen LogP contribution in [0.25, 0.3) is 0 Å². The molecule has 0 spiro atoms. The molecule has 1 N–H and O–H groups in total. The third kappa shape index (κ3) is 3.17. The van der Waals surface area contributed by atoms with Crippen molar-refractivity contribution in [2.75, 3.05) is 11.2 Å². The molecule has 0 radical (unpaired) electrons. The number of nitrogens with one attached hydrogen (secondary N) is 1. The van der Waals surface area contributed by atoms with Crippen molar-refractivity contribution in [2.24, 2.45) is 0 Å². The molecule has 2 aromatic rings. The highest BCUT2D eigenvalue weighted by Crippen LogP contribution is 2.19. The highest BCUT2D eigenvalue weighted by molar-refractivity contribution is 6.18. The number of nitrogens with zero attached hydrogens (tertiary/aromatic N) is 2. The summed E-state index contributed by atoms with van der Waals surface area (Å²) < 4.78 is 0. The van der Waals surface area contributed by atoms with Crippen LogP contribution in [-0.2, 0) is 0 Å². The Morgan fingerprint density at radius 3 is 2.71 bits per heavy atom. The number of halogens is 1. The van der Waals surface area contributed by atoms with Crippen molar-refractivity contribution in [3.8, 4) is 0 Å². The van der Waals surface area contributed by atoms with Crippen molar-refractivity contribution in [3.05, 3.63) is 53.7 Å². The van der Waals surface area contributed by atoms with E-state index in [-0.39, 0.29) is 6.04 Å². The molecular formula is C13H14ClN3. The Morgan fingerprint density at radius 2 is 2.06 bits per heavy atom. The molecule has 0 aliphatic rings. The minimum Gasteiger partial charge on any atom is -0.361 e. The highest BCUT2D eigenvalue weighted by atomic mass is 35.5. The standard InChI is InChI=1S/C13H14ClN3/c1-10-7-13(17-15-9-10)16-12(8-14)11-5-3-2-4-6-11/h2-7,9,12H,8H2,1H3,(H,16,17). The quantitative estimate of drug-likeness (QED) is 0.844. The Labute approximate surface area is 106 Å². The van der Waals surface area contributed by atoms with Crippen molar-refractivity contribution < 1.29 is 0 Å². The molecule has 17 heavy (non-hydrogen) atoms. The first-order valence-corrected chi connectivity index (χ1v) is 6.00. The summed E-state index contributed by atoms with van der Waals surface area (Å²) in [5.74, 6) is 1.24. The van der Waals surface area contributed by atoms with Gasteiger partial charge in [0.05, 0.1) is 12.2 Å². The van der Waals surface area contributed by atoms with E-state index in [0.717, 1.165) is 16.9 Å². The lowest BCUT2D eigenvalue weighted by Crippen LogP contribution is -2.13. The maximum Gasteiger partial charge on any atom is 0.149 e. The van der Waals surface area contributed by atoms with Crippen LogP contribution < -0.4 is 5.32 Å². The molecule has 0 aliphatic carbocycles. The van der Waals surface area contributed by atoms with Crippen LogP contribution in [0.15, 0.2) is 42.6 Å². The predicted molar refractivity (Wildman–Crippen MR) is 70.3 cm³/mol. The minimum atomic E-state index is 0.0500. The van der Waals surface area contributed by atoms with Crippen LogP contribution in [-0.4, -0.2) is 16.1 Å². The molecule has 0 saturated carbocycles. The van der Waals surface area contributed by atoms with Gasteiger partial charge >= 0.3 is 0 Å². The molecule has 0 amide bonds. The number of benzene rings is 1. The van der Waals surface area contributed by atoms with Gasteiger partial charge in [0, 0.05) is 5.88 Å². The second-order valence-electron chi connectivity index (χ2n) is 3.88. The summed E-state index contributed by atoms with van der Waals surface area (Å²) in [5, 5.41) is 11.2. The summed E-state index contributed by atoms with van der Waals surface area (Å²) in [6, 6.07) is 12.1. The molecule has 1 aromatic heterocycles. The summed E-state index contributed by atoms with van der Waals surface area (Å²) in [7, 11) is 0. The number of aromatic nitrogens is 2. The van der Waals surface area contributed by atoms with Crippen LogP contribution in [0.2, 0.25) is 0 Å². The smallest absolute Gasteiger partial charge is 0.149 e. The van der Waals surface area contributed by atoms with Crippen LogP contribution in [0.5, 0.6) is 0 Å². The first kappa shape index (κ1) is 11.9. The van der Waals surface area contributed by atoms with Crippen LogP contribution >= 0.6 is 11.6 Å². The molecule has 1 aromatic carbocycles. The van der Waals surface area contributed by atoms with Gasteiger partial charge < -0.3 is 5.32 Å². The molecule has 4 heteroatoms. The number of hydrogen-bond donors (Lipinski definition) is 1. The van der Waals surface area contributed by atoms with E-state index in [0.29, 0.717) is 5.88 Å². The maximum absolute atomic E-state index is 5.98. The van der Waals surface area contributed by atoms with Gasteiger partial charge in [0.25, 0.3) is 0 Å². The summed E-state index contributed by atoms with van der Waals surface area (Å²) in [6.45, 7) is 1.98. The van der Waals surface area contributed by atoms with Crippen molar-refractivity contribution in [1.82, 2.24) is 10.2 Å². The third-order valence-corrected chi connectivity index (χ3v) is 2.78. The lowest BCUT2D eigenvalue weighted by atomic mass is 10.1. The number of aryl methyl sites for hydroxylation is 1. The normalized spacial score (nSPS) is 12.1. The summed E-state index contributed by atoms with van der Waals surface area (Å²) >= 11 is 5.98. The van der Waals surface area contributed by atoms with Gasteiger partial charge in [-0.1, -0.05) is 30.3 Å².